The van der Waals surface area contributed by atoms with Crippen molar-refractivity contribution < 1.29 is 19.0 Å². The van der Waals surface area contributed by atoms with E-state index in [0.29, 0.717) is 29.4 Å². The van der Waals surface area contributed by atoms with E-state index in [9.17, 15) is 4.79 Å². The number of amides is 1. The smallest absolute Gasteiger partial charge is 0.255 e. The molecule has 1 heterocycles. The molecule has 1 N–H and O–H groups in total. The van der Waals surface area contributed by atoms with Gasteiger partial charge in [-0.2, -0.15) is 0 Å². The average molecular weight is 321 g/mol. The van der Waals surface area contributed by atoms with E-state index in [2.05, 4.69) is 5.32 Å². The first kappa shape index (κ1) is 16.2. The molecular formula is C16H19NO4S. The number of carbonyl (C=O) groups is 1. The van der Waals surface area contributed by atoms with Crippen LogP contribution in [0.5, 0.6) is 17.2 Å². The second-order valence-corrected chi connectivity index (χ2v) is 5.97. The standard InChI is InChI=1S/C16H19NO4S/c1-10-5-6-11(22-10)9-17-16(18)12-7-14(20-3)15(21-4)8-13(12)19-2/h5-8H,9H2,1-4H3,(H,17,18). The summed E-state index contributed by atoms with van der Waals surface area (Å²) in [6.45, 7) is 2.52. The minimum absolute atomic E-state index is 0.219. The van der Waals surface area contributed by atoms with Crippen molar-refractivity contribution in [3.63, 3.8) is 0 Å². The Morgan fingerprint density at radius 2 is 1.68 bits per heavy atom. The molecule has 0 saturated heterocycles. The van der Waals surface area contributed by atoms with Gasteiger partial charge in [-0.15, -0.1) is 11.3 Å². The normalized spacial score (nSPS) is 10.2. The lowest BCUT2D eigenvalue weighted by Crippen LogP contribution is -2.23. The summed E-state index contributed by atoms with van der Waals surface area (Å²) in [7, 11) is 4.58. The first-order valence-electron chi connectivity index (χ1n) is 6.72. The monoisotopic (exact) mass is 321 g/mol. The molecule has 0 saturated carbocycles. The van der Waals surface area contributed by atoms with E-state index in [0.717, 1.165) is 4.88 Å². The SMILES string of the molecule is COc1cc(OC)c(C(=O)NCc2ccc(C)s2)cc1OC. The predicted molar refractivity (Wildman–Crippen MR) is 86.3 cm³/mol. The third-order valence-electron chi connectivity index (χ3n) is 3.17. The van der Waals surface area contributed by atoms with Crippen LogP contribution in [-0.4, -0.2) is 27.2 Å². The third-order valence-corrected chi connectivity index (χ3v) is 4.17. The largest absolute Gasteiger partial charge is 0.496 e. The Kier molecular flexibility index (Phi) is 5.27. The van der Waals surface area contributed by atoms with Gasteiger partial charge in [-0.05, 0) is 19.1 Å². The maximum Gasteiger partial charge on any atom is 0.255 e. The van der Waals surface area contributed by atoms with Gasteiger partial charge in [-0.3, -0.25) is 4.79 Å². The topological polar surface area (TPSA) is 56.8 Å². The van der Waals surface area contributed by atoms with E-state index in [1.807, 2.05) is 19.1 Å². The molecular weight excluding hydrogens is 302 g/mol. The highest BCUT2D eigenvalue weighted by molar-refractivity contribution is 7.11. The average Bonchev–Trinajstić information content (AvgIpc) is 2.96. The van der Waals surface area contributed by atoms with Gasteiger partial charge in [-0.25, -0.2) is 0 Å². The van der Waals surface area contributed by atoms with Crippen molar-refractivity contribution in [2.75, 3.05) is 21.3 Å². The van der Waals surface area contributed by atoms with Crippen molar-refractivity contribution in [1.29, 1.82) is 0 Å². The van der Waals surface area contributed by atoms with Gasteiger partial charge in [0.25, 0.3) is 5.91 Å². The molecule has 2 rings (SSSR count). The summed E-state index contributed by atoms with van der Waals surface area (Å²) < 4.78 is 15.7. The van der Waals surface area contributed by atoms with E-state index >= 15 is 0 Å². The lowest BCUT2D eigenvalue weighted by molar-refractivity contribution is 0.0948. The van der Waals surface area contributed by atoms with Crippen LogP contribution in [0.1, 0.15) is 20.1 Å². The molecule has 1 amide bonds. The van der Waals surface area contributed by atoms with Gasteiger partial charge in [0.1, 0.15) is 5.75 Å². The molecule has 0 fully saturated rings. The van der Waals surface area contributed by atoms with Crippen molar-refractivity contribution >= 4 is 17.2 Å². The predicted octanol–water partition coefficient (Wildman–Crippen LogP) is 3.01. The minimum atomic E-state index is -0.219. The number of hydrogen-bond acceptors (Lipinski definition) is 5. The number of methoxy groups -OCH3 is 3. The van der Waals surface area contributed by atoms with Gasteiger partial charge >= 0.3 is 0 Å². The Morgan fingerprint density at radius 1 is 1.05 bits per heavy atom. The van der Waals surface area contributed by atoms with Crippen molar-refractivity contribution in [2.45, 2.75) is 13.5 Å². The number of hydrogen-bond donors (Lipinski definition) is 1. The Bertz CT molecular complexity index is 666. The van der Waals surface area contributed by atoms with Crippen LogP contribution < -0.4 is 19.5 Å². The number of carbonyl (C=O) groups excluding carboxylic acids is 1. The lowest BCUT2D eigenvalue weighted by atomic mass is 10.1. The minimum Gasteiger partial charge on any atom is -0.496 e. The fourth-order valence-electron chi connectivity index (χ4n) is 2.05. The van der Waals surface area contributed by atoms with Gasteiger partial charge in [0.15, 0.2) is 11.5 Å². The molecule has 0 aliphatic carbocycles. The van der Waals surface area contributed by atoms with Crippen LogP contribution in [0.15, 0.2) is 24.3 Å². The number of thiophene rings is 1. The van der Waals surface area contributed by atoms with Crippen molar-refractivity contribution in [3.8, 4) is 17.2 Å². The summed E-state index contributed by atoms with van der Waals surface area (Å²) in [5.74, 6) is 1.23. The molecule has 2 aromatic rings. The fourth-order valence-corrected chi connectivity index (χ4v) is 2.88. The molecule has 0 aliphatic heterocycles. The molecule has 0 unspecified atom stereocenters. The number of benzene rings is 1. The highest BCUT2D eigenvalue weighted by Gasteiger charge is 2.17. The van der Waals surface area contributed by atoms with E-state index in [-0.39, 0.29) is 5.91 Å². The first-order chi connectivity index (χ1) is 10.6. The summed E-state index contributed by atoms with van der Waals surface area (Å²) in [4.78, 5) is 14.7. The third kappa shape index (κ3) is 3.51. The van der Waals surface area contributed by atoms with Crippen LogP contribution in [0.25, 0.3) is 0 Å². The number of ether oxygens (including phenoxy) is 3. The van der Waals surface area contributed by atoms with Gasteiger partial charge < -0.3 is 19.5 Å². The molecule has 22 heavy (non-hydrogen) atoms. The Balaban J connectivity index is 2.20. The van der Waals surface area contributed by atoms with Crippen molar-refractivity contribution in [1.82, 2.24) is 5.32 Å². The summed E-state index contributed by atoms with van der Waals surface area (Å²) in [6.07, 6.45) is 0. The molecule has 118 valence electrons. The Hall–Kier alpha value is -2.21. The van der Waals surface area contributed by atoms with Gasteiger partial charge in [0.2, 0.25) is 0 Å². The van der Waals surface area contributed by atoms with E-state index in [1.54, 1.807) is 23.5 Å². The molecule has 0 aliphatic rings. The van der Waals surface area contributed by atoms with Gasteiger partial charge in [0, 0.05) is 21.9 Å². The van der Waals surface area contributed by atoms with Crippen LogP contribution in [-0.2, 0) is 6.54 Å². The molecule has 0 radical (unpaired) electrons. The molecule has 6 heteroatoms. The molecule has 1 aromatic carbocycles. The number of aryl methyl sites for hydroxylation is 1. The zero-order chi connectivity index (χ0) is 16.1. The van der Waals surface area contributed by atoms with Crippen LogP contribution in [0.4, 0.5) is 0 Å². The number of rotatable bonds is 6. The summed E-state index contributed by atoms with van der Waals surface area (Å²) in [5, 5.41) is 2.89. The van der Waals surface area contributed by atoms with Crippen molar-refractivity contribution in [2.24, 2.45) is 0 Å². The van der Waals surface area contributed by atoms with Crippen molar-refractivity contribution in [3.05, 3.63) is 39.6 Å². The maximum absolute atomic E-state index is 12.4. The van der Waals surface area contributed by atoms with Gasteiger partial charge in [0.05, 0.1) is 33.4 Å². The van der Waals surface area contributed by atoms with Crippen LogP contribution in [0.3, 0.4) is 0 Å². The zero-order valence-corrected chi connectivity index (χ0v) is 13.9. The summed E-state index contributed by atoms with van der Waals surface area (Å²) in [6, 6.07) is 7.30. The van der Waals surface area contributed by atoms with Crippen LogP contribution in [0.2, 0.25) is 0 Å². The van der Waals surface area contributed by atoms with E-state index < -0.39 is 0 Å². The summed E-state index contributed by atoms with van der Waals surface area (Å²) in [5.41, 5.74) is 0.411. The Labute approximate surface area is 133 Å². The van der Waals surface area contributed by atoms with Crippen LogP contribution in [0, 0.1) is 6.92 Å². The van der Waals surface area contributed by atoms with Crippen LogP contribution >= 0.6 is 11.3 Å². The number of nitrogens with one attached hydrogen (secondary N) is 1. The Morgan fingerprint density at radius 3 is 2.23 bits per heavy atom. The van der Waals surface area contributed by atoms with Gasteiger partial charge in [-0.1, -0.05) is 0 Å². The first-order valence-corrected chi connectivity index (χ1v) is 7.54. The lowest BCUT2D eigenvalue weighted by Gasteiger charge is -2.13. The van der Waals surface area contributed by atoms with E-state index in [4.69, 9.17) is 14.2 Å². The molecule has 0 atom stereocenters. The molecule has 0 spiro atoms. The maximum atomic E-state index is 12.4. The zero-order valence-electron chi connectivity index (χ0n) is 13.1. The summed E-state index contributed by atoms with van der Waals surface area (Å²) >= 11 is 1.66. The van der Waals surface area contributed by atoms with E-state index in [1.165, 1.54) is 26.2 Å². The fraction of sp³-hybridized carbons (Fsp3) is 0.312. The quantitative estimate of drug-likeness (QED) is 0.888. The highest BCUT2D eigenvalue weighted by Crippen LogP contribution is 2.34. The second-order valence-electron chi connectivity index (χ2n) is 4.60. The molecule has 0 bridgehead atoms. The molecule has 5 nitrogen and oxygen atoms in total. The second kappa shape index (κ2) is 7.17. The highest BCUT2D eigenvalue weighted by atomic mass is 32.1. The molecule has 1 aromatic heterocycles.